The van der Waals surface area contributed by atoms with Crippen LogP contribution in [0, 0.1) is 0 Å². The third kappa shape index (κ3) is 20.7. The van der Waals surface area contributed by atoms with E-state index in [0.29, 0.717) is 18.5 Å². The van der Waals surface area contributed by atoms with Gasteiger partial charge in [-0.2, -0.15) is 0 Å². The Bertz CT molecular complexity index is 1060. The lowest BCUT2D eigenvalue weighted by Gasteiger charge is -2.03. The van der Waals surface area contributed by atoms with Crippen molar-refractivity contribution in [3.8, 4) is 0 Å². The van der Waals surface area contributed by atoms with Crippen molar-refractivity contribution < 1.29 is 24.6 Å². The molecular weight excluding hydrogens is 518 g/mol. The number of hydrogen-bond donors (Lipinski definition) is 5. The number of carboxylic acids is 2. The molecule has 8 heteroatoms. The van der Waals surface area contributed by atoms with E-state index in [1.807, 2.05) is 42.5 Å². The summed E-state index contributed by atoms with van der Waals surface area (Å²) in [6, 6.07) is 25.7. The number of carbonyl (C=O) groups excluding carboxylic acids is 1. The van der Waals surface area contributed by atoms with E-state index in [2.05, 4.69) is 19.1 Å². The maximum atomic E-state index is 10.4. The topological polar surface area (TPSA) is 170 Å². The summed E-state index contributed by atoms with van der Waals surface area (Å²) in [4.78, 5) is 30.7. The number of carbonyl (C=O) groups is 3. The Morgan fingerprint density at radius 1 is 0.732 bits per heavy atom. The Balaban J connectivity index is 0.000000527. The maximum absolute atomic E-state index is 10.4. The van der Waals surface area contributed by atoms with Crippen LogP contribution in [0.3, 0.4) is 0 Å². The van der Waals surface area contributed by atoms with E-state index in [9.17, 15) is 14.4 Å². The summed E-state index contributed by atoms with van der Waals surface area (Å²) in [5, 5.41) is 16.7. The number of benzene rings is 3. The molecular formula is C33H47N3O5. The lowest BCUT2D eigenvalue weighted by molar-refractivity contribution is -0.138. The Hall–Kier alpha value is -3.85. The summed E-state index contributed by atoms with van der Waals surface area (Å²) in [6.07, 6.45) is 8.96. The van der Waals surface area contributed by atoms with Crippen LogP contribution in [-0.4, -0.2) is 47.6 Å². The van der Waals surface area contributed by atoms with Gasteiger partial charge >= 0.3 is 11.9 Å². The molecule has 8 N–H and O–H groups in total. The first-order valence-electron chi connectivity index (χ1n) is 14.0. The number of hydrogen-bond acceptors (Lipinski definition) is 6. The molecule has 0 amide bonds. The van der Waals surface area contributed by atoms with Crippen molar-refractivity contribution in [1.82, 2.24) is 0 Å². The predicted octanol–water partition coefficient (Wildman–Crippen LogP) is 5.33. The molecule has 1 atom stereocenters. The SMILES string of the molecule is CCCCCc1ccc(C=O)cc1.NCCCC[C@H](N)C(=O)O.NCCc1ccccc1.O=C(O)c1ccccc1. The molecule has 0 bridgehead atoms. The van der Waals surface area contributed by atoms with Gasteiger partial charge in [0.05, 0.1) is 5.56 Å². The van der Waals surface area contributed by atoms with Gasteiger partial charge in [-0.3, -0.25) is 9.59 Å². The Labute approximate surface area is 244 Å². The summed E-state index contributed by atoms with van der Waals surface area (Å²) in [5.74, 6) is -1.81. The van der Waals surface area contributed by atoms with Crippen LogP contribution < -0.4 is 17.2 Å². The fourth-order valence-electron chi connectivity index (χ4n) is 3.37. The summed E-state index contributed by atoms with van der Waals surface area (Å²) in [7, 11) is 0. The number of rotatable bonds is 13. The predicted molar refractivity (Wildman–Crippen MR) is 166 cm³/mol. The number of aldehydes is 1. The van der Waals surface area contributed by atoms with E-state index in [1.54, 1.807) is 30.3 Å². The summed E-state index contributed by atoms with van der Waals surface area (Å²) < 4.78 is 0. The number of carboxylic acid groups (broad SMARTS) is 2. The van der Waals surface area contributed by atoms with Crippen molar-refractivity contribution in [1.29, 1.82) is 0 Å². The molecule has 8 nitrogen and oxygen atoms in total. The molecule has 3 rings (SSSR count). The number of unbranched alkanes of at least 4 members (excludes halogenated alkanes) is 3. The fourth-order valence-corrected chi connectivity index (χ4v) is 3.37. The molecule has 3 aromatic rings. The van der Waals surface area contributed by atoms with Crippen molar-refractivity contribution in [3.63, 3.8) is 0 Å². The lowest BCUT2D eigenvalue weighted by atomic mass is 10.1. The standard InChI is InChI=1S/C12H16O.C8H11N.C7H6O2.C6H14N2O2/c1-2-3-4-5-11-6-8-12(10-13)9-7-11;9-7-6-8-4-2-1-3-5-8;8-7(9)6-4-2-1-3-5-6;7-4-2-1-3-5(8)6(9)10/h6-10H,2-5H2,1H3;1-5H,6-7,9H2;1-5H,(H,8,9);5H,1-4,7-8H2,(H,9,10)/t;;;5-/m...0/s1. The van der Waals surface area contributed by atoms with E-state index in [4.69, 9.17) is 27.4 Å². The minimum atomic E-state index is -0.933. The van der Waals surface area contributed by atoms with Gasteiger partial charge in [0.2, 0.25) is 0 Å². The van der Waals surface area contributed by atoms with Gasteiger partial charge in [0.15, 0.2) is 0 Å². The monoisotopic (exact) mass is 565 g/mol. The van der Waals surface area contributed by atoms with Crippen LogP contribution in [0.5, 0.6) is 0 Å². The zero-order valence-electron chi connectivity index (χ0n) is 24.2. The van der Waals surface area contributed by atoms with Crippen LogP contribution >= 0.6 is 0 Å². The highest BCUT2D eigenvalue weighted by Gasteiger charge is 2.09. The minimum Gasteiger partial charge on any atom is -0.480 e. The second-order valence-corrected chi connectivity index (χ2v) is 9.24. The van der Waals surface area contributed by atoms with Gasteiger partial charge in [-0.25, -0.2) is 4.79 Å². The highest BCUT2D eigenvalue weighted by molar-refractivity contribution is 5.87. The molecule has 0 heterocycles. The average Bonchev–Trinajstić information content (AvgIpc) is 3.00. The van der Waals surface area contributed by atoms with Gasteiger partial charge in [-0.15, -0.1) is 0 Å². The van der Waals surface area contributed by atoms with Gasteiger partial charge in [0.1, 0.15) is 12.3 Å². The maximum Gasteiger partial charge on any atom is 0.335 e. The molecule has 224 valence electrons. The lowest BCUT2D eigenvalue weighted by Crippen LogP contribution is -2.29. The van der Waals surface area contributed by atoms with Crippen LogP contribution in [0.25, 0.3) is 0 Å². The largest absolute Gasteiger partial charge is 0.480 e. The number of aryl methyl sites for hydroxylation is 1. The van der Waals surface area contributed by atoms with Crippen LogP contribution in [0.2, 0.25) is 0 Å². The third-order valence-electron chi connectivity index (χ3n) is 5.77. The smallest absolute Gasteiger partial charge is 0.335 e. The van der Waals surface area contributed by atoms with Crippen molar-refractivity contribution >= 4 is 18.2 Å². The molecule has 41 heavy (non-hydrogen) atoms. The Kier molecular flexibility index (Phi) is 22.8. The zero-order chi connectivity index (χ0) is 30.7. The Morgan fingerprint density at radius 3 is 1.73 bits per heavy atom. The summed E-state index contributed by atoms with van der Waals surface area (Å²) >= 11 is 0. The molecule has 0 saturated carbocycles. The molecule has 0 aliphatic heterocycles. The number of nitrogens with two attached hydrogens (primary N) is 3. The highest BCUT2D eigenvalue weighted by atomic mass is 16.4. The molecule has 3 aromatic carbocycles. The molecule has 0 radical (unpaired) electrons. The van der Waals surface area contributed by atoms with Crippen molar-refractivity contribution in [3.05, 3.63) is 107 Å². The van der Waals surface area contributed by atoms with Gasteiger partial charge in [-0.1, -0.05) is 99.0 Å². The molecule has 0 fully saturated rings. The zero-order valence-corrected chi connectivity index (χ0v) is 24.2. The quantitative estimate of drug-likeness (QED) is 0.137. The molecule has 0 spiro atoms. The number of aromatic carboxylic acids is 1. The van der Waals surface area contributed by atoms with Crippen LogP contribution in [-0.2, 0) is 17.6 Å². The summed E-state index contributed by atoms with van der Waals surface area (Å²) in [6.45, 7) is 3.55. The second kappa shape index (κ2) is 25.1. The van der Waals surface area contributed by atoms with E-state index in [-0.39, 0.29) is 0 Å². The van der Waals surface area contributed by atoms with E-state index < -0.39 is 18.0 Å². The second-order valence-electron chi connectivity index (χ2n) is 9.24. The normalized spacial score (nSPS) is 10.3. The first-order valence-corrected chi connectivity index (χ1v) is 14.0. The highest BCUT2D eigenvalue weighted by Crippen LogP contribution is 2.07. The molecule has 0 aromatic heterocycles. The fraction of sp³-hybridized carbons (Fsp3) is 0.364. The van der Waals surface area contributed by atoms with E-state index >= 15 is 0 Å². The Morgan fingerprint density at radius 2 is 1.29 bits per heavy atom. The summed E-state index contributed by atoms with van der Waals surface area (Å²) in [5.41, 5.74) is 19.5. The first-order chi connectivity index (χ1) is 19.8. The van der Waals surface area contributed by atoms with Crippen LogP contribution in [0.1, 0.15) is 77.3 Å². The van der Waals surface area contributed by atoms with Crippen molar-refractivity contribution in [2.75, 3.05) is 13.1 Å². The minimum absolute atomic E-state index is 0.331. The van der Waals surface area contributed by atoms with E-state index in [1.165, 1.54) is 30.4 Å². The number of aliphatic carboxylic acids is 1. The molecule has 0 aliphatic carbocycles. The molecule has 0 unspecified atom stereocenters. The van der Waals surface area contributed by atoms with Gasteiger partial charge < -0.3 is 27.4 Å². The van der Waals surface area contributed by atoms with Crippen LogP contribution in [0.4, 0.5) is 0 Å². The van der Waals surface area contributed by atoms with Gasteiger partial charge in [0, 0.05) is 5.56 Å². The van der Waals surface area contributed by atoms with Gasteiger partial charge in [0.25, 0.3) is 0 Å². The average molecular weight is 566 g/mol. The van der Waals surface area contributed by atoms with E-state index in [0.717, 1.165) is 44.1 Å². The van der Waals surface area contributed by atoms with Crippen molar-refractivity contribution in [2.45, 2.75) is 64.3 Å². The third-order valence-corrected chi connectivity index (χ3v) is 5.77. The van der Waals surface area contributed by atoms with Gasteiger partial charge in [-0.05, 0) is 68.5 Å². The molecule has 0 aliphatic rings. The van der Waals surface area contributed by atoms with Crippen molar-refractivity contribution in [2.24, 2.45) is 17.2 Å². The first kappa shape index (κ1) is 37.1. The molecule has 0 saturated heterocycles. The van der Waals surface area contributed by atoms with Crippen LogP contribution in [0.15, 0.2) is 84.9 Å².